The van der Waals surface area contributed by atoms with Crippen LogP contribution in [0.2, 0.25) is 0 Å². The molecule has 2 amide bonds. The molecule has 29 heavy (non-hydrogen) atoms. The third-order valence-corrected chi connectivity index (χ3v) is 5.22. The molecule has 2 heterocycles. The van der Waals surface area contributed by atoms with E-state index in [-0.39, 0.29) is 18.2 Å². The number of carbonyl (C=O) groups excluding carboxylic acids is 2. The van der Waals surface area contributed by atoms with Gasteiger partial charge in [0.1, 0.15) is 11.5 Å². The van der Waals surface area contributed by atoms with Gasteiger partial charge in [0.15, 0.2) is 11.2 Å². The van der Waals surface area contributed by atoms with Crippen LogP contribution in [0, 0.1) is 6.92 Å². The number of hydrogen-bond acceptors (Lipinski definition) is 6. The summed E-state index contributed by atoms with van der Waals surface area (Å²) < 4.78 is 11.1. The summed E-state index contributed by atoms with van der Waals surface area (Å²) in [5.41, 5.74) is 3.26. The molecule has 1 atom stereocenters. The lowest BCUT2D eigenvalue weighted by Gasteiger charge is -2.25. The van der Waals surface area contributed by atoms with Crippen molar-refractivity contribution in [2.45, 2.75) is 19.4 Å². The summed E-state index contributed by atoms with van der Waals surface area (Å²) in [5.74, 6) is 0.572. The van der Waals surface area contributed by atoms with Crippen LogP contribution in [0.4, 0.5) is 10.8 Å². The van der Waals surface area contributed by atoms with E-state index in [0.717, 1.165) is 11.1 Å². The largest absolute Gasteiger partial charge is 0.496 e. The average Bonchev–Trinajstić information content (AvgIpc) is 3.16. The highest BCUT2D eigenvalue weighted by molar-refractivity contribution is 7.14. The van der Waals surface area contributed by atoms with Gasteiger partial charge in [0, 0.05) is 10.9 Å². The second-order valence-electron chi connectivity index (χ2n) is 6.59. The molecular formula is C21H19N3O4S. The van der Waals surface area contributed by atoms with E-state index in [9.17, 15) is 9.59 Å². The number of hydrogen-bond donors (Lipinski definition) is 2. The number of rotatable bonds is 5. The maximum absolute atomic E-state index is 12.4. The smallest absolute Gasteiger partial charge is 0.266 e. The second-order valence-corrected chi connectivity index (χ2v) is 7.44. The Hall–Kier alpha value is -3.39. The number of nitrogens with zero attached hydrogens (tertiary/aromatic N) is 1. The molecule has 0 saturated heterocycles. The first kappa shape index (κ1) is 18.9. The SMILES string of the molecule is COc1ccc(C)cc1-c1csc(NC(=O)CC2Oc3ccccc3NC2=O)n1. The molecule has 1 unspecified atom stereocenters. The summed E-state index contributed by atoms with van der Waals surface area (Å²) in [6, 6.07) is 13.0. The zero-order chi connectivity index (χ0) is 20.4. The van der Waals surface area contributed by atoms with Crippen molar-refractivity contribution in [1.29, 1.82) is 0 Å². The van der Waals surface area contributed by atoms with E-state index in [1.165, 1.54) is 11.3 Å². The molecular weight excluding hydrogens is 390 g/mol. The van der Waals surface area contributed by atoms with Crippen LogP contribution in [-0.4, -0.2) is 30.0 Å². The van der Waals surface area contributed by atoms with Crippen molar-refractivity contribution in [2.75, 3.05) is 17.7 Å². The van der Waals surface area contributed by atoms with Crippen LogP contribution in [0.5, 0.6) is 11.5 Å². The average molecular weight is 409 g/mol. The van der Waals surface area contributed by atoms with Crippen molar-refractivity contribution in [3.63, 3.8) is 0 Å². The lowest BCUT2D eigenvalue weighted by atomic mass is 10.1. The van der Waals surface area contributed by atoms with E-state index in [1.807, 2.05) is 36.6 Å². The number of aromatic nitrogens is 1. The molecule has 0 saturated carbocycles. The van der Waals surface area contributed by atoms with Gasteiger partial charge in [-0.05, 0) is 31.2 Å². The van der Waals surface area contributed by atoms with E-state index in [2.05, 4.69) is 15.6 Å². The molecule has 3 aromatic rings. The molecule has 2 aromatic carbocycles. The van der Waals surface area contributed by atoms with Crippen molar-refractivity contribution in [3.8, 4) is 22.8 Å². The molecule has 8 heteroatoms. The van der Waals surface area contributed by atoms with E-state index in [4.69, 9.17) is 9.47 Å². The molecule has 148 valence electrons. The fraction of sp³-hybridized carbons (Fsp3) is 0.190. The van der Waals surface area contributed by atoms with Crippen LogP contribution in [0.3, 0.4) is 0 Å². The fourth-order valence-electron chi connectivity index (χ4n) is 3.04. The summed E-state index contributed by atoms with van der Waals surface area (Å²) in [6.07, 6.45) is -0.996. The van der Waals surface area contributed by atoms with Gasteiger partial charge in [-0.15, -0.1) is 11.3 Å². The summed E-state index contributed by atoms with van der Waals surface area (Å²) in [7, 11) is 1.61. The Morgan fingerprint density at radius 3 is 2.97 bits per heavy atom. The van der Waals surface area contributed by atoms with Gasteiger partial charge in [0.25, 0.3) is 5.91 Å². The summed E-state index contributed by atoms with van der Waals surface area (Å²) in [5, 5.41) is 7.80. The van der Waals surface area contributed by atoms with Gasteiger partial charge in [-0.2, -0.15) is 0 Å². The molecule has 1 aliphatic rings. The third-order valence-electron chi connectivity index (χ3n) is 4.46. The maximum atomic E-state index is 12.4. The standard InChI is InChI=1S/C21H19N3O4S/c1-12-7-8-16(27-2)13(9-12)15-11-29-21(23-15)24-19(25)10-18-20(26)22-14-5-3-4-6-17(14)28-18/h3-9,11,18H,10H2,1-2H3,(H,22,26)(H,23,24,25). The highest BCUT2D eigenvalue weighted by atomic mass is 32.1. The summed E-state index contributed by atoms with van der Waals surface area (Å²) in [4.78, 5) is 29.1. The molecule has 0 radical (unpaired) electrons. The predicted molar refractivity (Wildman–Crippen MR) is 112 cm³/mol. The number of carbonyl (C=O) groups is 2. The van der Waals surface area contributed by atoms with Gasteiger partial charge in [-0.25, -0.2) is 4.98 Å². The Labute approximate surface area is 171 Å². The molecule has 0 bridgehead atoms. The Balaban J connectivity index is 1.44. The highest BCUT2D eigenvalue weighted by Gasteiger charge is 2.29. The van der Waals surface area contributed by atoms with Crippen molar-refractivity contribution in [1.82, 2.24) is 4.98 Å². The van der Waals surface area contributed by atoms with Crippen molar-refractivity contribution in [2.24, 2.45) is 0 Å². The van der Waals surface area contributed by atoms with E-state index >= 15 is 0 Å². The summed E-state index contributed by atoms with van der Waals surface area (Å²) in [6.45, 7) is 1.99. The first-order valence-electron chi connectivity index (χ1n) is 9.00. The summed E-state index contributed by atoms with van der Waals surface area (Å²) >= 11 is 1.31. The number of para-hydroxylation sites is 2. The predicted octanol–water partition coefficient (Wildman–Crippen LogP) is 3.86. The topological polar surface area (TPSA) is 89.5 Å². The Bertz CT molecular complexity index is 1080. The molecule has 2 N–H and O–H groups in total. The quantitative estimate of drug-likeness (QED) is 0.668. The molecule has 7 nitrogen and oxygen atoms in total. The van der Waals surface area contributed by atoms with Crippen molar-refractivity contribution in [3.05, 3.63) is 53.4 Å². The fourth-order valence-corrected chi connectivity index (χ4v) is 3.77. The zero-order valence-corrected chi connectivity index (χ0v) is 16.7. The molecule has 0 aliphatic carbocycles. The lowest BCUT2D eigenvalue weighted by molar-refractivity contribution is -0.128. The molecule has 1 aliphatic heterocycles. The second kappa shape index (κ2) is 7.92. The molecule has 0 fully saturated rings. The van der Waals surface area contributed by atoms with Gasteiger partial charge < -0.3 is 20.1 Å². The number of fused-ring (bicyclic) bond motifs is 1. The van der Waals surface area contributed by atoms with Gasteiger partial charge in [0.05, 0.1) is 24.9 Å². The molecule has 4 rings (SSSR count). The van der Waals surface area contributed by atoms with Crippen LogP contribution in [0.25, 0.3) is 11.3 Å². The van der Waals surface area contributed by atoms with Gasteiger partial charge >= 0.3 is 0 Å². The Morgan fingerprint density at radius 2 is 2.14 bits per heavy atom. The van der Waals surface area contributed by atoms with Crippen molar-refractivity contribution < 1.29 is 19.1 Å². The van der Waals surface area contributed by atoms with E-state index in [1.54, 1.807) is 25.3 Å². The van der Waals surface area contributed by atoms with E-state index < -0.39 is 6.10 Å². The van der Waals surface area contributed by atoms with Crippen LogP contribution >= 0.6 is 11.3 Å². The minimum absolute atomic E-state index is 0.108. The number of amides is 2. The number of thiazole rings is 1. The normalized spacial score (nSPS) is 15.1. The van der Waals surface area contributed by atoms with Crippen LogP contribution in [-0.2, 0) is 9.59 Å². The molecule has 1 aromatic heterocycles. The first-order chi connectivity index (χ1) is 14.0. The van der Waals surface area contributed by atoms with Crippen LogP contribution in [0.15, 0.2) is 47.8 Å². The lowest BCUT2D eigenvalue weighted by Crippen LogP contribution is -2.39. The molecule has 0 spiro atoms. The number of anilines is 2. The number of ether oxygens (including phenoxy) is 2. The van der Waals surface area contributed by atoms with E-state index in [0.29, 0.717) is 28.0 Å². The van der Waals surface area contributed by atoms with Gasteiger partial charge in [-0.1, -0.05) is 23.8 Å². The van der Waals surface area contributed by atoms with Gasteiger partial charge in [-0.3, -0.25) is 9.59 Å². The number of aryl methyl sites for hydroxylation is 1. The third kappa shape index (κ3) is 4.07. The number of nitrogens with one attached hydrogen (secondary N) is 2. The number of benzene rings is 2. The van der Waals surface area contributed by atoms with Gasteiger partial charge in [0.2, 0.25) is 5.91 Å². The van der Waals surface area contributed by atoms with Crippen LogP contribution < -0.4 is 20.1 Å². The van der Waals surface area contributed by atoms with Crippen LogP contribution in [0.1, 0.15) is 12.0 Å². The Kier molecular flexibility index (Phi) is 5.18. The maximum Gasteiger partial charge on any atom is 0.266 e. The zero-order valence-electron chi connectivity index (χ0n) is 15.9. The minimum Gasteiger partial charge on any atom is -0.496 e. The minimum atomic E-state index is -0.888. The van der Waals surface area contributed by atoms with Crippen molar-refractivity contribution >= 4 is 34.0 Å². The monoisotopic (exact) mass is 409 g/mol. The number of methoxy groups -OCH3 is 1. The highest BCUT2D eigenvalue weighted by Crippen LogP contribution is 2.33. The Morgan fingerprint density at radius 1 is 1.31 bits per heavy atom. The first-order valence-corrected chi connectivity index (χ1v) is 9.88.